The molecular weight excluding hydrogens is 293 g/mol. The summed E-state index contributed by atoms with van der Waals surface area (Å²) in [5.41, 5.74) is -0.549. The second-order valence-electron chi connectivity index (χ2n) is 3.41. The van der Waals surface area contributed by atoms with Crippen LogP contribution in [0.3, 0.4) is 0 Å². The average Bonchev–Trinajstić information content (AvgIpc) is 2.40. The van der Waals surface area contributed by atoms with E-state index in [0.29, 0.717) is 0 Å². The van der Waals surface area contributed by atoms with Crippen LogP contribution in [-0.4, -0.2) is 26.9 Å². The Labute approximate surface area is 116 Å². The molecule has 104 valence electrons. The highest BCUT2D eigenvalue weighted by atomic mass is 35.5. The first-order chi connectivity index (χ1) is 9.51. The van der Waals surface area contributed by atoms with Gasteiger partial charge in [-0.15, -0.1) is 0 Å². The first-order valence-corrected chi connectivity index (χ1v) is 5.59. The molecule has 0 atom stereocenters. The number of ether oxygens (including phenoxy) is 1. The molecule has 0 spiro atoms. The lowest BCUT2D eigenvalue weighted by atomic mass is 10.3. The maximum Gasteiger partial charge on any atom is 0.328 e. The molecule has 1 heterocycles. The van der Waals surface area contributed by atoms with Crippen LogP contribution in [0.5, 0.6) is 11.8 Å². The normalized spacial score (nSPS) is 10.2. The van der Waals surface area contributed by atoms with Gasteiger partial charge in [0.25, 0.3) is 0 Å². The summed E-state index contributed by atoms with van der Waals surface area (Å²) in [5, 5.41) is 13.2. The van der Waals surface area contributed by atoms with Crippen molar-refractivity contribution in [2.24, 2.45) is 0 Å². The summed E-state index contributed by atoms with van der Waals surface area (Å²) in [7, 11) is 1.53. The Balaban J connectivity index is 2.44. The van der Waals surface area contributed by atoms with Crippen LogP contribution < -0.4 is 10.1 Å². The van der Waals surface area contributed by atoms with Crippen molar-refractivity contribution in [3.05, 3.63) is 39.4 Å². The minimum absolute atomic E-state index is 0.0824. The van der Waals surface area contributed by atoms with E-state index in [0.717, 1.165) is 12.1 Å². The Bertz CT molecular complexity index is 669. The quantitative estimate of drug-likeness (QED) is 0.683. The Kier molecular flexibility index (Phi) is 3.89. The number of rotatable bonds is 4. The summed E-state index contributed by atoms with van der Waals surface area (Å²) < 4.78 is 18.7. The van der Waals surface area contributed by atoms with Gasteiger partial charge in [0, 0.05) is 13.1 Å². The van der Waals surface area contributed by atoms with Gasteiger partial charge in [-0.25, -0.2) is 4.39 Å². The minimum Gasteiger partial charge on any atom is -0.414 e. The van der Waals surface area contributed by atoms with E-state index in [1.807, 2.05) is 0 Å². The van der Waals surface area contributed by atoms with Gasteiger partial charge in [-0.1, -0.05) is 6.07 Å². The molecule has 0 amide bonds. The van der Waals surface area contributed by atoms with Gasteiger partial charge >= 0.3 is 11.7 Å². The fraction of sp³-hybridized carbons (Fsp3) is 0.100. The topological polar surface area (TPSA) is 103 Å². The van der Waals surface area contributed by atoms with Crippen molar-refractivity contribution in [3.63, 3.8) is 0 Å². The first-order valence-electron chi connectivity index (χ1n) is 5.21. The summed E-state index contributed by atoms with van der Waals surface area (Å²) in [5.74, 6) is -1.43. The number of nitrogens with one attached hydrogen (secondary N) is 1. The number of nitro groups is 1. The van der Waals surface area contributed by atoms with E-state index in [-0.39, 0.29) is 17.2 Å². The number of hydrogen-bond donors (Lipinski definition) is 1. The summed E-state index contributed by atoms with van der Waals surface area (Å²) >= 11 is 5.63. The molecule has 2 aromatic rings. The number of aromatic nitrogens is 3. The second-order valence-corrected chi connectivity index (χ2v) is 3.75. The number of para-hydroxylation sites is 1. The molecule has 1 aromatic carbocycles. The van der Waals surface area contributed by atoms with E-state index < -0.39 is 22.2 Å². The number of nitro benzene ring substituents is 1. The van der Waals surface area contributed by atoms with Crippen molar-refractivity contribution in [2.45, 2.75) is 0 Å². The summed E-state index contributed by atoms with van der Waals surface area (Å²) in [6, 6.07) is 2.95. The highest BCUT2D eigenvalue weighted by molar-refractivity contribution is 6.28. The molecule has 10 heteroatoms. The van der Waals surface area contributed by atoms with Gasteiger partial charge in [0.15, 0.2) is 5.82 Å². The van der Waals surface area contributed by atoms with E-state index >= 15 is 0 Å². The predicted octanol–water partition coefficient (Wildman–Crippen LogP) is 2.41. The molecule has 1 aromatic heterocycles. The summed E-state index contributed by atoms with van der Waals surface area (Å²) in [6.07, 6.45) is 0. The molecule has 2 rings (SSSR count). The second kappa shape index (κ2) is 5.61. The highest BCUT2D eigenvalue weighted by Gasteiger charge is 2.21. The number of benzene rings is 1. The summed E-state index contributed by atoms with van der Waals surface area (Å²) in [4.78, 5) is 21.1. The van der Waals surface area contributed by atoms with Gasteiger partial charge in [-0.3, -0.25) is 10.1 Å². The maximum atomic E-state index is 13.6. The largest absolute Gasteiger partial charge is 0.414 e. The van der Waals surface area contributed by atoms with Gasteiger partial charge in [-0.2, -0.15) is 15.0 Å². The molecule has 0 bridgehead atoms. The Morgan fingerprint density at radius 2 is 2.15 bits per heavy atom. The number of halogens is 2. The van der Waals surface area contributed by atoms with E-state index in [9.17, 15) is 14.5 Å². The standard InChI is InChI=1S/C10H7ClFN5O3/c1-13-9-14-8(11)15-10(16-9)20-7-5(12)3-2-4-6(7)17(18)19/h2-4H,1H3,(H,13,14,15,16). The van der Waals surface area contributed by atoms with Gasteiger partial charge in [0.2, 0.25) is 17.0 Å². The first kappa shape index (κ1) is 13.9. The fourth-order valence-corrected chi connectivity index (χ4v) is 1.48. The zero-order chi connectivity index (χ0) is 14.7. The molecule has 0 aliphatic carbocycles. The summed E-state index contributed by atoms with van der Waals surface area (Å²) in [6.45, 7) is 0. The van der Waals surface area contributed by atoms with Crippen LogP contribution in [0, 0.1) is 15.9 Å². The molecular formula is C10H7ClFN5O3. The van der Waals surface area contributed by atoms with Crippen LogP contribution in [0.4, 0.5) is 16.0 Å². The van der Waals surface area contributed by atoms with Crippen molar-refractivity contribution in [1.82, 2.24) is 15.0 Å². The van der Waals surface area contributed by atoms with E-state index in [4.69, 9.17) is 16.3 Å². The smallest absolute Gasteiger partial charge is 0.328 e. The molecule has 0 fully saturated rings. The zero-order valence-electron chi connectivity index (χ0n) is 10.0. The van der Waals surface area contributed by atoms with Crippen molar-refractivity contribution in [2.75, 3.05) is 12.4 Å². The third-order valence-electron chi connectivity index (χ3n) is 2.15. The molecule has 20 heavy (non-hydrogen) atoms. The number of hydrogen-bond acceptors (Lipinski definition) is 7. The van der Waals surface area contributed by atoms with Gasteiger partial charge < -0.3 is 10.1 Å². The van der Waals surface area contributed by atoms with Gasteiger partial charge in [0.05, 0.1) is 4.92 Å². The molecule has 0 radical (unpaired) electrons. The van der Waals surface area contributed by atoms with Crippen molar-refractivity contribution >= 4 is 23.2 Å². The monoisotopic (exact) mass is 299 g/mol. The third kappa shape index (κ3) is 2.88. The minimum atomic E-state index is -0.915. The van der Waals surface area contributed by atoms with Crippen molar-refractivity contribution < 1.29 is 14.1 Å². The molecule has 0 unspecified atom stereocenters. The molecule has 1 N–H and O–H groups in total. The Hall–Kier alpha value is -2.55. The lowest BCUT2D eigenvalue weighted by Gasteiger charge is -2.06. The number of anilines is 1. The van der Waals surface area contributed by atoms with Crippen molar-refractivity contribution in [3.8, 4) is 11.8 Å². The fourth-order valence-electron chi connectivity index (χ4n) is 1.32. The maximum absolute atomic E-state index is 13.6. The Morgan fingerprint density at radius 3 is 2.80 bits per heavy atom. The van der Waals surface area contributed by atoms with Crippen LogP contribution in [0.2, 0.25) is 5.28 Å². The van der Waals surface area contributed by atoms with Crippen LogP contribution in [0.1, 0.15) is 0 Å². The van der Waals surface area contributed by atoms with E-state index in [1.165, 1.54) is 13.1 Å². The van der Waals surface area contributed by atoms with Crippen LogP contribution >= 0.6 is 11.6 Å². The van der Waals surface area contributed by atoms with Crippen molar-refractivity contribution in [1.29, 1.82) is 0 Å². The molecule has 0 aliphatic heterocycles. The lowest BCUT2D eigenvalue weighted by molar-refractivity contribution is -0.385. The molecule has 0 saturated carbocycles. The van der Waals surface area contributed by atoms with E-state index in [1.54, 1.807) is 0 Å². The molecule has 8 nitrogen and oxygen atoms in total. The third-order valence-corrected chi connectivity index (χ3v) is 2.32. The van der Waals surface area contributed by atoms with Crippen LogP contribution in [0.25, 0.3) is 0 Å². The zero-order valence-corrected chi connectivity index (χ0v) is 10.8. The van der Waals surface area contributed by atoms with Crippen LogP contribution in [0.15, 0.2) is 18.2 Å². The SMILES string of the molecule is CNc1nc(Cl)nc(Oc2c(F)cccc2[N+](=O)[O-])n1. The predicted molar refractivity (Wildman–Crippen MR) is 67.5 cm³/mol. The van der Waals surface area contributed by atoms with Gasteiger partial charge in [-0.05, 0) is 17.7 Å². The van der Waals surface area contributed by atoms with Gasteiger partial charge in [0.1, 0.15) is 0 Å². The molecule has 0 aliphatic rings. The highest BCUT2D eigenvalue weighted by Crippen LogP contribution is 2.32. The lowest BCUT2D eigenvalue weighted by Crippen LogP contribution is -2.03. The molecule has 0 saturated heterocycles. The number of nitrogens with zero attached hydrogens (tertiary/aromatic N) is 4. The van der Waals surface area contributed by atoms with Crippen LogP contribution in [-0.2, 0) is 0 Å². The Morgan fingerprint density at radius 1 is 1.40 bits per heavy atom. The average molecular weight is 300 g/mol. The van der Waals surface area contributed by atoms with E-state index in [2.05, 4.69) is 20.3 Å².